The van der Waals surface area contributed by atoms with Crippen LogP contribution in [0.3, 0.4) is 0 Å². The summed E-state index contributed by atoms with van der Waals surface area (Å²) in [5, 5.41) is 6.67. The van der Waals surface area contributed by atoms with Crippen LogP contribution in [0.1, 0.15) is 23.3 Å². The van der Waals surface area contributed by atoms with Crippen LogP contribution < -0.4 is 4.74 Å². The topological polar surface area (TPSA) is 88.2 Å². The number of hydrogen-bond acceptors (Lipinski definition) is 5. The Morgan fingerprint density at radius 3 is 2.83 bits per heavy atom. The minimum absolute atomic E-state index is 0.0159. The van der Waals surface area contributed by atoms with E-state index in [2.05, 4.69) is 15.2 Å². The molecule has 2 aromatic rings. The van der Waals surface area contributed by atoms with Crippen molar-refractivity contribution in [1.29, 1.82) is 0 Å². The maximum atomic E-state index is 13.9. The van der Waals surface area contributed by atoms with Crippen molar-refractivity contribution in [3.8, 4) is 17.1 Å². The minimum atomic E-state index is -0.537. The van der Waals surface area contributed by atoms with Crippen LogP contribution in [-0.2, 0) is 4.79 Å². The summed E-state index contributed by atoms with van der Waals surface area (Å²) < 4.78 is 18.9. The largest absolute Gasteiger partial charge is 0.481 e. The Morgan fingerprint density at radius 1 is 1.42 bits per heavy atom. The Hall–Kier alpha value is -2.77. The number of hydrogen-bond donors (Lipinski definition) is 1. The number of piperidine rings is 1. The molecule has 24 heavy (non-hydrogen) atoms. The highest BCUT2D eigenvalue weighted by molar-refractivity contribution is 5.93. The number of pyridine rings is 1. The molecule has 8 heteroatoms. The Labute approximate surface area is 137 Å². The molecule has 1 amide bonds. The third-order valence-electron chi connectivity index (χ3n) is 4.15. The van der Waals surface area contributed by atoms with Crippen molar-refractivity contribution in [2.45, 2.75) is 12.8 Å². The molecule has 1 aliphatic heterocycles. The van der Waals surface area contributed by atoms with Gasteiger partial charge in [0.15, 0.2) is 11.5 Å². The number of rotatable bonds is 4. The first-order valence-electron chi connectivity index (χ1n) is 7.62. The lowest BCUT2D eigenvalue weighted by Crippen LogP contribution is -2.38. The van der Waals surface area contributed by atoms with Gasteiger partial charge < -0.3 is 14.4 Å². The number of ether oxygens (including phenoxy) is 1. The number of aromatic amines is 1. The summed E-state index contributed by atoms with van der Waals surface area (Å²) in [5.74, 6) is -0.486. The van der Waals surface area contributed by atoms with E-state index in [-0.39, 0.29) is 29.0 Å². The van der Waals surface area contributed by atoms with Crippen molar-refractivity contribution in [2.75, 3.05) is 20.2 Å². The normalized spacial score (nSPS) is 15.3. The summed E-state index contributed by atoms with van der Waals surface area (Å²) >= 11 is 0. The molecule has 0 spiro atoms. The number of H-pyrrole nitrogens is 1. The van der Waals surface area contributed by atoms with Gasteiger partial charge in [-0.2, -0.15) is 5.10 Å². The van der Waals surface area contributed by atoms with Crippen molar-refractivity contribution in [3.63, 3.8) is 0 Å². The molecule has 0 aromatic carbocycles. The molecular formula is C16H17FN4O3. The number of methoxy groups -OCH3 is 1. The van der Waals surface area contributed by atoms with Gasteiger partial charge in [-0.1, -0.05) is 0 Å². The van der Waals surface area contributed by atoms with E-state index in [0.29, 0.717) is 31.6 Å². The molecule has 3 heterocycles. The first-order chi connectivity index (χ1) is 11.6. The standard InChI is InChI=1S/C16H17FN4O3/c1-24-15-6-11(12(17)8-18-15)13-7-14(20-19-13)16(23)21-4-2-10(9-22)3-5-21/h6-10H,2-5H2,1H3,(H,19,20). The second-order valence-corrected chi connectivity index (χ2v) is 5.64. The molecule has 0 aliphatic carbocycles. The summed E-state index contributed by atoms with van der Waals surface area (Å²) in [7, 11) is 1.44. The molecule has 3 rings (SSSR count). The fourth-order valence-corrected chi connectivity index (χ4v) is 2.71. The third-order valence-corrected chi connectivity index (χ3v) is 4.15. The van der Waals surface area contributed by atoms with Crippen LogP contribution in [0.4, 0.5) is 4.39 Å². The monoisotopic (exact) mass is 332 g/mol. The van der Waals surface area contributed by atoms with E-state index < -0.39 is 5.82 Å². The number of nitrogens with one attached hydrogen (secondary N) is 1. The maximum absolute atomic E-state index is 13.9. The number of halogens is 1. The molecular weight excluding hydrogens is 315 g/mol. The average molecular weight is 332 g/mol. The van der Waals surface area contributed by atoms with Crippen LogP contribution in [-0.4, -0.2) is 52.5 Å². The Bertz CT molecular complexity index is 754. The zero-order valence-electron chi connectivity index (χ0n) is 13.2. The molecule has 0 bridgehead atoms. The van der Waals surface area contributed by atoms with Crippen molar-refractivity contribution in [2.24, 2.45) is 5.92 Å². The second kappa shape index (κ2) is 6.77. The molecule has 0 unspecified atom stereocenters. The van der Waals surface area contributed by atoms with Crippen LogP contribution in [0.2, 0.25) is 0 Å². The molecule has 1 fully saturated rings. The minimum Gasteiger partial charge on any atom is -0.481 e. The lowest BCUT2D eigenvalue weighted by molar-refractivity contribution is -0.112. The van der Waals surface area contributed by atoms with E-state index in [1.165, 1.54) is 19.2 Å². The van der Waals surface area contributed by atoms with E-state index in [4.69, 9.17) is 4.74 Å². The van der Waals surface area contributed by atoms with Crippen LogP contribution in [0.25, 0.3) is 11.3 Å². The molecule has 0 radical (unpaired) electrons. The predicted octanol–water partition coefficient (Wildman–Crippen LogP) is 1.67. The van der Waals surface area contributed by atoms with Gasteiger partial charge in [-0.15, -0.1) is 0 Å². The number of carbonyl (C=O) groups excluding carboxylic acids is 2. The quantitative estimate of drug-likeness (QED) is 0.861. The number of aromatic nitrogens is 3. The van der Waals surface area contributed by atoms with E-state index in [1.807, 2.05) is 0 Å². The van der Waals surface area contributed by atoms with Gasteiger partial charge in [0.05, 0.1) is 19.0 Å². The van der Waals surface area contributed by atoms with Gasteiger partial charge in [-0.05, 0) is 18.9 Å². The molecule has 1 N–H and O–H groups in total. The summed E-state index contributed by atoms with van der Waals surface area (Å²) in [5.41, 5.74) is 0.817. The summed E-state index contributed by atoms with van der Waals surface area (Å²) in [6.45, 7) is 1.03. The number of nitrogens with zero attached hydrogens (tertiary/aromatic N) is 3. The van der Waals surface area contributed by atoms with Crippen LogP contribution in [0, 0.1) is 11.7 Å². The number of likely N-dealkylation sites (tertiary alicyclic amines) is 1. The van der Waals surface area contributed by atoms with Crippen molar-refractivity contribution in [1.82, 2.24) is 20.1 Å². The lowest BCUT2D eigenvalue weighted by Gasteiger charge is -2.28. The Morgan fingerprint density at radius 2 is 2.17 bits per heavy atom. The van der Waals surface area contributed by atoms with Crippen LogP contribution >= 0.6 is 0 Å². The van der Waals surface area contributed by atoms with Gasteiger partial charge in [0.25, 0.3) is 5.91 Å². The van der Waals surface area contributed by atoms with Gasteiger partial charge in [0.1, 0.15) is 6.29 Å². The molecule has 2 aromatic heterocycles. The highest BCUT2D eigenvalue weighted by Gasteiger charge is 2.25. The van der Waals surface area contributed by atoms with E-state index in [0.717, 1.165) is 12.5 Å². The van der Waals surface area contributed by atoms with Crippen molar-refractivity contribution >= 4 is 12.2 Å². The summed E-state index contributed by atoms with van der Waals surface area (Å²) in [6, 6.07) is 2.94. The molecule has 126 valence electrons. The Kier molecular flexibility index (Phi) is 4.54. The number of aldehydes is 1. The van der Waals surface area contributed by atoms with Gasteiger partial charge in [-0.25, -0.2) is 9.37 Å². The highest BCUT2D eigenvalue weighted by Crippen LogP contribution is 2.25. The van der Waals surface area contributed by atoms with E-state index in [9.17, 15) is 14.0 Å². The predicted molar refractivity (Wildman–Crippen MR) is 83.0 cm³/mol. The SMILES string of the molecule is COc1cc(-c2cc(C(=O)N3CCC(C=O)CC3)n[nH]2)c(F)cn1. The number of carbonyl (C=O) groups is 2. The zero-order chi connectivity index (χ0) is 17.1. The number of amides is 1. The summed E-state index contributed by atoms with van der Waals surface area (Å²) in [6.07, 6.45) is 3.31. The molecule has 0 saturated carbocycles. The fraction of sp³-hybridized carbons (Fsp3) is 0.375. The van der Waals surface area contributed by atoms with Crippen LogP contribution in [0.15, 0.2) is 18.3 Å². The van der Waals surface area contributed by atoms with E-state index >= 15 is 0 Å². The van der Waals surface area contributed by atoms with E-state index in [1.54, 1.807) is 4.90 Å². The van der Waals surface area contributed by atoms with Gasteiger partial charge in [0.2, 0.25) is 5.88 Å². The maximum Gasteiger partial charge on any atom is 0.274 e. The molecule has 7 nitrogen and oxygen atoms in total. The third kappa shape index (κ3) is 3.12. The van der Waals surface area contributed by atoms with Crippen molar-refractivity contribution < 1.29 is 18.7 Å². The molecule has 0 atom stereocenters. The van der Waals surface area contributed by atoms with Gasteiger partial charge >= 0.3 is 0 Å². The first kappa shape index (κ1) is 16.1. The van der Waals surface area contributed by atoms with Crippen molar-refractivity contribution in [3.05, 3.63) is 29.8 Å². The molecule has 1 aliphatic rings. The average Bonchev–Trinajstić information content (AvgIpc) is 3.11. The van der Waals surface area contributed by atoms with Crippen LogP contribution in [0.5, 0.6) is 5.88 Å². The molecule has 1 saturated heterocycles. The smallest absolute Gasteiger partial charge is 0.274 e. The fourth-order valence-electron chi connectivity index (χ4n) is 2.71. The zero-order valence-corrected chi connectivity index (χ0v) is 13.2. The highest BCUT2D eigenvalue weighted by atomic mass is 19.1. The van der Waals surface area contributed by atoms with Gasteiger partial charge in [0, 0.05) is 30.6 Å². The Balaban J connectivity index is 1.78. The lowest BCUT2D eigenvalue weighted by atomic mass is 9.98. The first-order valence-corrected chi connectivity index (χ1v) is 7.62. The van der Waals surface area contributed by atoms with Gasteiger partial charge in [-0.3, -0.25) is 9.89 Å². The second-order valence-electron chi connectivity index (χ2n) is 5.64. The summed E-state index contributed by atoms with van der Waals surface area (Å²) in [4.78, 5) is 28.7.